The van der Waals surface area contributed by atoms with E-state index < -0.39 is 36.6 Å². The van der Waals surface area contributed by atoms with Crippen LogP contribution in [-0.2, 0) is 23.8 Å². The van der Waals surface area contributed by atoms with Crippen LogP contribution in [0.4, 0.5) is 9.59 Å². The van der Waals surface area contributed by atoms with Crippen molar-refractivity contribution in [2.45, 2.75) is 76.5 Å². The molecule has 7 atom stereocenters. The Kier molecular flexibility index (Phi) is 12.1. The van der Waals surface area contributed by atoms with Gasteiger partial charge in [-0.05, 0) is 72.9 Å². The maximum absolute atomic E-state index is 14.3. The van der Waals surface area contributed by atoms with Gasteiger partial charge in [-0.1, -0.05) is 62.4 Å². The lowest BCUT2D eigenvalue weighted by Crippen LogP contribution is -2.52. The van der Waals surface area contributed by atoms with E-state index >= 15 is 0 Å². The molecule has 344 valence electrons. The van der Waals surface area contributed by atoms with Crippen LogP contribution in [0.25, 0.3) is 44.2 Å². The van der Waals surface area contributed by atoms with E-state index in [4.69, 9.17) is 28.9 Å². The first kappa shape index (κ1) is 44.2. The van der Waals surface area contributed by atoms with Gasteiger partial charge in [0.15, 0.2) is 0 Å². The summed E-state index contributed by atoms with van der Waals surface area (Å²) >= 11 is 0. The number of carbonyl (C=O) groups excluding carboxylic acids is 4. The highest BCUT2D eigenvalue weighted by Gasteiger charge is 2.43. The van der Waals surface area contributed by atoms with Crippen molar-refractivity contribution in [3.05, 3.63) is 102 Å². The minimum absolute atomic E-state index is 0.0309. The second-order valence-corrected chi connectivity index (χ2v) is 17.7. The van der Waals surface area contributed by atoms with E-state index in [1.807, 2.05) is 86.3 Å². The van der Waals surface area contributed by atoms with Crippen LogP contribution in [0.2, 0.25) is 0 Å². The van der Waals surface area contributed by atoms with E-state index in [9.17, 15) is 24.3 Å². The summed E-state index contributed by atoms with van der Waals surface area (Å²) in [6.45, 7) is 6.64. The van der Waals surface area contributed by atoms with Gasteiger partial charge < -0.3 is 54.5 Å². The number of ether oxygens (including phenoxy) is 4. The fourth-order valence-corrected chi connectivity index (χ4v) is 9.87. The topological polar surface area (TPSA) is 213 Å². The van der Waals surface area contributed by atoms with Crippen LogP contribution in [0.3, 0.4) is 0 Å². The van der Waals surface area contributed by atoms with Crippen molar-refractivity contribution in [3.63, 3.8) is 0 Å². The second kappa shape index (κ2) is 18.1. The molecule has 6 aromatic rings. The third-order valence-corrected chi connectivity index (χ3v) is 13.2. The Morgan fingerprint density at radius 3 is 2.39 bits per heavy atom. The zero-order chi connectivity index (χ0) is 46.4. The van der Waals surface area contributed by atoms with Gasteiger partial charge in [-0.2, -0.15) is 0 Å². The van der Waals surface area contributed by atoms with Crippen LogP contribution in [0, 0.1) is 11.8 Å². The highest BCUT2D eigenvalue weighted by Crippen LogP contribution is 2.46. The van der Waals surface area contributed by atoms with Gasteiger partial charge in [0.1, 0.15) is 29.5 Å². The Balaban J connectivity index is 0.991. The van der Waals surface area contributed by atoms with E-state index in [-0.39, 0.29) is 35.7 Å². The molecule has 2 fully saturated rings. The number of nitrogens with zero attached hydrogens (tertiary/aromatic N) is 4. The Bertz CT molecular complexity index is 2810. The number of aliphatic hydroxyl groups excluding tert-OH is 1. The van der Waals surface area contributed by atoms with Crippen molar-refractivity contribution >= 4 is 45.8 Å². The normalized spacial score (nSPS) is 21.0. The van der Waals surface area contributed by atoms with Crippen LogP contribution >= 0.6 is 0 Å². The first-order chi connectivity index (χ1) is 31.9. The summed E-state index contributed by atoms with van der Waals surface area (Å²) in [5, 5.41) is 18.7. The monoisotopic (exact) mass is 898 g/mol. The molecule has 66 heavy (non-hydrogen) atoms. The molecule has 9 rings (SSSR count). The molecule has 0 aliphatic carbocycles. The predicted molar refractivity (Wildman–Crippen MR) is 244 cm³/mol. The van der Waals surface area contributed by atoms with Crippen molar-refractivity contribution in [1.29, 1.82) is 0 Å². The highest BCUT2D eigenvalue weighted by molar-refractivity contribution is 6.07. The molecule has 1 unspecified atom stereocenters. The summed E-state index contributed by atoms with van der Waals surface area (Å²) < 4.78 is 21.4. The number of rotatable bonds is 11. The molecule has 2 aromatic heterocycles. The van der Waals surface area contributed by atoms with Crippen molar-refractivity contribution in [1.82, 2.24) is 40.4 Å². The number of hydrogen-bond donors (Lipinski definition) is 5. The van der Waals surface area contributed by atoms with E-state index in [1.54, 1.807) is 30.3 Å². The van der Waals surface area contributed by atoms with E-state index in [0.717, 1.165) is 39.4 Å². The van der Waals surface area contributed by atoms with Gasteiger partial charge in [-0.15, -0.1) is 0 Å². The van der Waals surface area contributed by atoms with Crippen LogP contribution in [0.15, 0.2) is 79.0 Å². The fourth-order valence-electron chi connectivity index (χ4n) is 9.87. The summed E-state index contributed by atoms with van der Waals surface area (Å²) in [5.41, 5.74) is 5.79. The number of methoxy groups -OCH3 is 3. The smallest absolute Gasteiger partial charge is 0.407 e. The molecule has 17 nitrogen and oxygen atoms in total. The number of aromatic amines is 2. The van der Waals surface area contributed by atoms with E-state index in [1.165, 1.54) is 14.2 Å². The van der Waals surface area contributed by atoms with Crippen LogP contribution in [-0.4, -0.2) is 105 Å². The number of carbonyl (C=O) groups is 4. The van der Waals surface area contributed by atoms with E-state index in [2.05, 4.69) is 20.6 Å². The van der Waals surface area contributed by atoms with Gasteiger partial charge >= 0.3 is 12.2 Å². The summed E-state index contributed by atoms with van der Waals surface area (Å²) in [6, 6.07) is 20.2. The van der Waals surface area contributed by atoms with Gasteiger partial charge in [-0.3, -0.25) is 9.59 Å². The largest absolute Gasteiger partial charge is 0.460 e. The van der Waals surface area contributed by atoms with Crippen LogP contribution in [0.1, 0.15) is 87.2 Å². The molecule has 0 saturated carbocycles. The number of benzene rings is 4. The molecule has 4 aromatic carbocycles. The molecule has 3 aliphatic rings. The summed E-state index contributed by atoms with van der Waals surface area (Å²) in [7, 11) is 4.17. The standard InChI is InChI=1S/C49H54N8O9/c1-25(2)40(54-48(61)64-5)46(59)57-26(3)12-17-37(57)44-51-35-16-14-29-19-33-31-15-13-30(20-34(31)47(60)66-39(33)21-32(29)42(35)53-44)36-22-50-43(52-36)38-18-27(24-63-4)23-56(38)45(58)41(55-49(62)65-6)28-10-8-7-9-11-28/h7-11,13-16,19-22,25-27,37-38,40-41,47,60H,12,17-18,23-24H2,1-6H3,(H,50,52)(H,51,53)(H,54,61)(H,55,62)/t26-,27-,37-,38-,40-,41+,47?/m0/s1. The number of aliphatic hydroxyl groups is 1. The van der Waals surface area contributed by atoms with Crippen molar-refractivity contribution < 1.29 is 43.2 Å². The van der Waals surface area contributed by atoms with Gasteiger partial charge in [-0.25, -0.2) is 19.6 Å². The second-order valence-electron chi connectivity index (χ2n) is 17.7. The average molecular weight is 899 g/mol. The maximum Gasteiger partial charge on any atom is 0.407 e. The zero-order valence-corrected chi connectivity index (χ0v) is 37.7. The molecule has 17 heteroatoms. The van der Waals surface area contributed by atoms with Gasteiger partial charge in [0, 0.05) is 47.7 Å². The summed E-state index contributed by atoms with van der Waals surface area (Å²) in [5.74, 6) is 1.12. The molecule has 4 amide bonds. The molecule has 0 spiro atoms. The number of aromatic nitrogens is 4. The zero-order valence-electron chi connectivity index (χ0n) is 37.7. The molecule has 5 heterocycles. The lowest BCUT2D eigenvalue weighted by Gasteiger charge is -2.32. The number of hydrogen-bond acceptors (Lipinski definition) is 11. The third-order valence-electron chi connectivity index (χ3n) is 13.2. The Morgan fingerprint density at radius 1 is 0.879 bits per heavy atom. The van der Waals surface area contributed by atoms with Crippen LogP contribution < -0.4 is 15.4 Å². The Hall–Kier alpha value is -6.98. The lowest BCUT2D eigenvalue weighted by molar-refractivity contribution is -0.137. The number of H-pyrrole nitrogens is 2. The first-order valence-electron chi connectivity index (χ1n) is 22.2. The Labute approximate surface area is 381 Å². The van der Waals surface area contributed by atoms with Gasteiger partial charge in [0.2, 0.25) is 12.2 Å². The molecule has 0 bridgehead atoms. The van der Waals surface area contributed by atoms with Gasteiger partial charge in [0.05, 0.1) is 55.8 Å². The predicted octanol–water partition coefficient (Wildman–Crippen LogP) is 7.22. The van der Waals surface area contributed by atoms with Crippen molar-refractivity contribution in [2.24, 2.45) is 11.8 Å². The number of amides is 4. The quantitative estimate of drug-likeness (QED) is 0.0876. The summed E-state index contributed by atoms with van der Waals surface area (Å²) in [6.07, 6.45) is 1.14. The Morgan fingerprint density at radius 2 is 1.65 bits per heavy atom. The molecular weight excluding hydrogens is 845 g/mol. The number of alkyl carbamates (subject to hydrolysis) is 2. The lowest BCUT2D eigenvalue weighted by atomic mass is 9.92. The van der Waals surface area contributed by atoms with Crippen molar-refractivity contribution in [2.75, 3.05) is 34.5 Å². The van der Waals surface area contributed by atoms with Gasteiger partial charge in [0.25, 0.3) is 5.91 Å². The molecule has 3 aliphatic heterocycles. The fraction of sp³-hybridized carbons (Fsp3) is 0.388. The molecule has 2 saturated heterocycles. The first-order valence-corrected chi connectivity index (χ1v) is 22.2. The summed E-state index contributed by atoms with van der Waals surface area (Å²) in [4.78, 5) is 73.3. The molecular formula is C49H54N8O9. The van der Waals surface area contributed by atoms with Crippen LogP contribution in [0.5, 0.6) is 5.75 Å². The third kappa shape index (κ3) is 8.17. The SMILES string of the molecule is COC[C@H]1C[C@@H](c2ncc(-c3ccc4c(c3)C(O)Oc3cc5c(ccc6[nH]c([C@@H]7CC[C@H](C)N7C(=O)[C@@H](NC(=O)OC)C(C)C)nc65)cc3-4)[nH]2)N(C(=O)[C@H](NC(=O)OC)c2ccccc2)C1. The molecule has 5 N–H and O–H groups in total. The highest BCUT2D eigenvalue weighted by atomic mass is 16.6. The average Bonchev–Trinajstić information content (AvgIpc) is 4.15. The number of nitrogens with one attached hydrogen (secondary N) is 4. The van der Waals surface area contributed by atoms with E-state index in [0.29, 0.717) is 65.7 Å². The number of likely N-dealkylation sites (tertiary alicyclic amines) is 2. The molecule has 0 radical (unpaired) electrons. The minimum atomic E-state index is -1.27. The van der Waals surface area contributed by atoms with Crippen molar-refractivity contribution in [3.8, 4) is 28.1 Å². The minimum Gasteiger partial charge on any atom is -0.460 e. The number of imidazole rings is 2. The number of fused-ring (bicyclic) bond motifs is 6. The maximum atomic E-state index is 14.3.